The van der Waals surface area contributed by atoms with Crippen molar-refractivity contribution in [1.29, 1.82) is 0 Å². The Hall–Kier alpha value is -0.810. The molecule has 0 bridgehead atoms. The Morgan fingerprint density at radius 2 is 2.11 bits per heavy atom. The number of ether oxygens (including phenoxy) is 1. The lowest BCUT2D eigenvalue weighted by molar-refractivity contribution is 0.118. The maximum atomic E-state index is 5.83. The summed E-state index contributed by atoms with van der Waals surface area (Å²) in [5.74, 6) is 0.566. The molecule has 1 atom stereocenters. The van der Waals surface area contributed by atoms with E-state index in [4.69, 9.17) is 10.5 Å². The van der Waals surface area contributed by atoms with Crippen LogP contribution >= 0.6 is 0 Å². The van der Waals surface area contributed by atoms with Gasteiger partial charge in [-0.05, 0) is 58.2 Å². The summed E-state index contributed by atoms with van der Waals surface area (Å²) >= 11 is 0. The Morgan fingerprint density at radius 3 is 2.84 bits per heavy atom. The number of likely N-dealkylation sites (tertiary alicyclic amines) is 1. The van der Waals surface area contributed by atoms with E-state index in [0.717, 1.165) is 32.4 Å². The van der Waals surface area contributed by atoms with Crippen LogP contribution in [0.5, 0.6) is 0 Å². The average molecular weight is 268 g/mol. The molecule has 0 radical (unpaired) electrons. The number of rotatable bonds is 7. The number of guanidine groups is 1. The normalized spacial score (nSPS) is 25.1. The highest BCUT2D eigenvalue weighted by molar-refractivity contribution is 5.77. The van der Waals surface area contributed by atoms with Gasteiger partial charge < -0.3 is 20.7 Å². The fourth-order valence-corrected chi connectivity index (χ4v) is 2.73. The number of nitrogens with two attached hydrogens (primary N) is 1. The zero-order chi connectivity index (χ0) is 13.3. The van der Waals surface area contributed by atoms with Crippen molar-refractivity contribution in [1.82, 2.24) is 10.2 Å². The van der Waals surface area contributed by atoms with Crippen molar-refractivity contribution < 1.29 is 4.74 Å². The third-order valence-electron chi connectivity index (χ3n) is 3.90. The molecule has 3 N–H and O–H groups in total. The molecular formula is C14H28N4O. The molecule has 0 aromatic heterocycles. The zero-order valence-corrected chi connectivity index (χ0v) is 11.9. The van der Waals surface area contributed by atoms with Gasteiger partial charge in [-0.2, -0.15) is 0 Å². The topological polar surface area (TPSA) is 62.9 Å². The van der Waals surface area contributed by atoms with Gasteiger partial charge >= 0.3 is 0 Å². The molecule has 110 valence electrons. The molecule has 0 aromatic carbocycles. The minimum atomic E-state index is 0.288. The highest BCUT2D eigenvalue weighted by Gasteiger charge is 2.14. The smallest absolute Gasteiger partial charge is 0.188 e. The molecule has 2 rings (SSSR count). The molecule has 0 aliphatic carbocycles. The molecule has 5 nitrogen and oxygen atoms in total. The van der Waals surface area contributed by atoms with Crippen LogP contribution in [0, 0.1) is 0 Å². The second-order valence-electron chi connectivity index (χ2n) is 5.54. The van der Waals surface area contributed by atoms with Crippen LogP contribution in [0.1, 0.15) is 38.5 Å². The second kappa shape index (κ2) is 8.38. The van der Waals surface area contributed by atoms with Crippen molar-refractivity contribution in [2.75, 3.05) is 39.3 Å². The van der Waals surface area contributed by atoms with Gasteiger partial charge in [0.1, 0.15) is 0 Å². The molecule has 2 heterocycles. The first-order valence-electron chi connectivity index (χ1n) is 7.72. The predicted molar refractivity (Wildman–Crippen MR) is 78.4 cm³/mol. The summed E-state index contributed by atoms with van der Waals surface area (Å²) in [5.41, 5.74) is 5.83. The van der Waals surface area contributed by atoms with E-state index in [1.165, 1.54) is 38.9 Å². The van der Waals surface area contributed by atoms with E-state index < -0.39 is 0 Å². The molecule has 0 saturated carbocycles. The number of nitrogens with one attached hydrogen (secondary N) is 1. The first-order valence-corrected chi connectivity index (χ1v) is 7.72. The Bertz CT molecular complexity index is 271. The SMILES string of the molecule is NC(=NCC1CCCO1)NCCCCN1CCCC1. The Kier molecular flexibility index (Phi) is 6.44. The van der Waals surface area contributed by atoms with E-state index in [1.54, 1.807) is 0 Å². The van der Waals surface area contributed by atoms with Crippen LogP contribution in [0.15, 0.2) is 4.99 Å². The summed E-state index contributed by atoms with van der Waals surface area (Å²) < 4.78 is 5.51. The lowest BCUT2D eigenvalue weighted by Crippen LogP contribution is -2.33. The van der Waals surface area contributed by atoms with Crippen LogP contribution in [0.4, 0.5) is 0 Å². The van der Waals surface area contributed by atoms with Gasteiger partial charge in [0.25, 0.3) is 0 Å². The van der Waals surface area contributed by atoms with E-state index in [0.29, 0.717) is 12.5 Å². The fraction of sp³-hybridized carbons (Fsp3) is 0.929. The standard InChI is InChI=1S/C14H28N4O/c15-14(17-12-13-6-5-11-19-13)16-7-1-2-8-18-9-3-4-10-18/h13H,1-12H2,(H3,15,16,17). The molecule has 2 aliphatic heterocycles. The van der Waals surface area contributed by atoms with Crippen molar-refractivity contribution >= 4 is 5.96 Å². The van der Waals surface area contributed by atoms with Gasteiger partial charge in [0.15, 0.2) is 5.96 Å². The minimum absolute atomic E-state index is 0.288. The fourth-order valence-electron chi connectivity index (χ4n) is 2.73. The van der Waals surface area contributed by atoms with Gasteiger partial charge in [0, 0.05) is 13.2 Å². The summed E-state index contributed by atoms with van der Waals surface area (Å²) in [5, 5.41) is 3.19. The van der Waals surface area contributed by atoms with Crippen molar-refractivity contribution in [3.8, 4) is 0 Å². The van der Waals surface area contributed by atoms with Crippen molar-refractivity contribution in [3.05, 3.63) is 0 Å². The number of aliphatic imine (C=N–C) groups is 1. The Morgan fingerprint density at radius 1 is 1.26 bits per heavy atom. The van der Waals surface area contributed by atoms with E-state index >= 15 is 0 Å². The predicted octanol–water partition coefficient (Wildman–Crippen LogP) is 0.946. The van der Waals surface area contributed by atoms with Gasteiger partial charge in [-0.25, -0.2) is 0 Å². The zero-order valence-electron chi connectivity index (χ0n) is 11.9. The summed E-state index contributed by atoms with van der Waals surface area (Å²) in [6.45, 7) is 6.32. The summed E-state index contributed by atoms with van der Waals surface area (Å²) in [6, 6.07) is 0. The van der Waals surface area contributed by atoms with Gasteiger partial charge in [-0.3, -0.25) is 4.99 Å². The highest BCUT2D eigenvalue weighted by Crippen LogP contribution is 2.11. The van der Waals surface area contributed by atoms with E-state index in [-0.39, 0.29) is 6.10 Å². The van der Waals surface area contributed by atoms with E-state index in [2.05, 4.69) is 15.2 Å². The number of unbranched alkanes of at least 4 members (excludes halogenated alkanes) is 1. The number of hydrogen-bond donors (Lipinski definition) is 2. The Labute approximate surface area is 116 Å². The van der Waals surface area contributed by atoms with Crippen LogP contribution in [-0.2, 0) is 4.74 Å². The maximum Gasteiger partial charge on any atom is 0.188 e. The maximum absolute atomic E-state index is 5.83. The molecule has 0 spiro atoms. The molecule has 2 fully saturated rings. The monoisotopic (exact) mass is 268 g/mol. The van der Waals surface area contributed by atoms with Gasteiger partial charge in [0.2, 0.25) is 0 Å². The van der Waals surface area contributed by atoms with Crippen LogP contribution in [0.2, 0.25) is 0 Å². The molecule has 19 heavy (non-hydrogen) atoms. The lowest BCUT2D eigenvalue weighted by atomic mass is 10.2. The minimum Gasteiger partial charge on any atom is -0.376 e. The number of nitrogens with zero attached hydrogens (tertiary/aromatic N) is 2. The Balaban J connectivity index is 1.46. The van der Waals surface area contributed by atoms with Crippen molar-refractivity contribution in [3.63, 3.8) is 0 Å². The third kappa shape index (κ3) is 5.78. The van der Waals surface area contributed by atoms with Crippen molar-refractivity contribution in [2.24, 2.45) is 10.7 Å². The van der Waals surface area contributed by atoms with Gasteiger partial charge in [-0.15, -0.1) is 0 Å². The molecule has 2 aliphatic rings. The first-order chi connectivity index (χ1) is 9.34. The van der Waals surface area contributed by atoms with Crippen LogP contribution in [0.25, 0.3) is 0 Å². The molecular weight excluding hydrogens is 240 g/mol. The van der Waals surface area contributed by atoms with Gasteiger partial charge in [0.05, 0.1) is 12.6 Å². The highest BCUT2D eigenvalue weighted by atomic mass is 16.5. The molecule has 5 heteroatoms. The van der Waals surface area contributed by atoms with Gasteiger partial charge in [-0.1, -0.05) is 0 Å². The summed E-state index contributed by atoms with van der Waals surface area (Å²) in [7, 11) is 0. The van der Waals surface area contributed by atoms with E-state index in [1.807, 2.05) is 0 Å². The van der Waals surface area contributed by atoms with Crippen LogP contribution < -0.4 is 11.1 Å². The average Bonchev–Trinajstić information content (AvgIpc) is 3.09. The molecule has 0 aromatic rings. The summed E-state index contributed by atoms with van der Waals surface area (Å²) in [6.07, 6.45) is 7.72. The largest absolute Gasteiger partial charge is 0.376 e. The molecule has 2 saturated heterocycles. The van der Waals surface area contributed by atoms with Crippen LogP contribution in [-0.4, -0.2) is 56.3 Å². The molecule has 1 unspecified atom stereocenters. The third-order valence-corrected chi connectivity index (χ3v) is 3.90. The quantitative estimate of drug-likeness (QED) is 0.410. The van der Waals surface area contributed by atoms with Crippen LogP contribution in [0.3, 0.4) is 0 Å². The summed E-state index contributed by atoms with van der Waals surface area (Å²) in [4.78, 5) is 6.88. The lowest BCUT2D eigenvalue weighted by Gasteiger charge is -2.14. The van der Waals surface area contributed by atoms with E-state index in [9.17, 15) is 0 Å². The number of hydrogen-bond acceptors (Lipinski definition) is 3. The van der Waals surface area contributed by atoms with Crippen molar-refractivity contribution in [2.45, 2.75) is 44.6 Å². The second-order valence-corrected chi connectivity index (χ2v) is 5.54. The molecule has 0 amide bonds. The first kappa shape index (κ1) is 14.6.